The van der Waals surface area contributed by atoms with Crippen molar-refractivity contribution in [2.24, 2.45) is 11.1 Å². The number of rotatable bonds is 8. The molecule has 3 amide bonds. The molecule has 0 bridgehead atoms. The fourth-order valence-electron chi connectivity index (χ4n) is 5.57. The molecule has 3 aromatic carbocycles. The Morgan fingerprint density at radius 3 is 2.23 bits per heavy atom. The standard InChI is InChI=1S/C31H25ClN4O8S3/c1-2-44-30(40)17-5-11-20(12-6-17)36-27(38)24-23(16-3-7-18(32)8-4-16)26-29(45-25(24)28(36)39)35(31(41)46-26)15-22(37)34-19-9-13-21(14-10-19)47(33,42)43/h3-14,23-25H,2,15H2,1H3,(H,34,37)(H2,33,42,43). The van der Waals surface area contributed by atoms with Crippen LogP contribution in [0.2, 0.25) is 5.02 Å². The first kappa shape index (κ1) is 32.7. The number of fused-ring (bicyclic) bond motifs is 2. The van der Waals surface area contributed by atoms with Crippen LogP contribution < -0.4 is 20.2 Å². The highest BCUT2D eigenvalue weighted by Crippen LogP contribution is 2.54. The molecule has 2 aliphatic rings. The molecule has 0 spiro atoms. The van der Waals surface area contributed by atoms with E-state index in [4.69, 9.17) is 21.5 Å². The molecule has 47 heavy (non-hydrogen) atoms. The van der Waals surface area contributed by atoms with Crippen LogP contribution in [0, 0.1) is 5.92 Å². The smallest absolute Gasteiger partial charge is 0.338 e. The Balaban J connectivity index is 1.34. The van der Waals surface area contributed by atoms with E-state index in [9.17, 15) is 32.4 Å². The molecule has 3 heterocycles. The van der Waals surface area contributed by atoms with Crippen LogP contribution in [0.5, 0.6) is 0 Å². The minimum absolute atomic E-state index is 0.127. The topological polar surface area (TPSA) is 175 Å². The Labute approximate surface area is 281 Å². The molecule has 0 aliphatic carbocycles. The van der Waals surface area contributed by atoms with Gasteiger partial charge < -0.3 is 10.1 Å². The van der Waals surface area contributed by atoms with E-state index >= 15 is 0 Å². The van der Waals surface area contributed by atoms with Gasteiger partial charge in [0.15, 0.2) is 0 Å². The summed E-state index contributed by atoms with van der Waals surface area (Å²) in [5.41, 5.74) is 1.50. The molecule has 6 rings (SSSR count). The van der Waals surface area contributed by atoms with E-state index in [0.717, 1.165) is 28.0 Å². The van der Waals surface area contributed by atoms with Gasteiger partial charge in [0.1, 0.15) is 11.8 Å². The second kappa shape index (κ2) is 12.7. The third-order valence-electron chi connectivity index (χ3n) is 7.68. The van der Waals surface area contributed by atoms with Crippen LogP contribution in [0.3, 0.4) is 0 Å². The van der Waals surface area contributed by atoms with Crippen LogP contribution in [0.15, 0.2) is 87.5 Å². The normalized spacial score (nSPS) is 18.9. The Hall–Kier alpha value is -4.28. The van der Waals surface area contributed by atoms with Crippen molar-refractivity contribution in [2.75, 3.05) is 16.8 Å². The van der Waals surface area contributed by atoms with E-state index < -0.39 is 62.2 Å². The maximum absolute atomic E-state index is 14.1. The lowest BCUT2D eigenvalue weighted by Crippen LogP contribution is -2.33. The van der Waals surface area contributed by atoms with Gasteiger partial charge in [0.25, 0.3) is 0 Å². The molecule has 0 saturated carbocycles. The minimum Gasteiger partial charge on any atom is -0.462 e. The van der Waals surface area contributed by atoms with Gasteiger partial charge in [-0.25, -0.2) is 23.3 Å². The van der Waals surface area contributed by atoms with Gasteiger partial charge in [-0.3, -0.25) is 23.7 Å². The van der Waals surface area contributed by atoms with Crippen molar-refractivity contribution in [2.45, 2.75) is 34.6 Å². The molecule has 1 saturated heterocycles. The minimum atomic E-state index is -3.92. The summed E-state index contributed by atoms with van der Waals surface area (Å²) >= 11 is 8.11. The van der Waals surface area contributed by atoms with Gasteiger partial charge in [-0.1, -0.05) is 46.8 Å². The molecule has 1 fully saturated rings. The van der Waals surface area contributed by atoms with Crippen molar-refractivity contribution in [1.29, 1.82) is 0 Å². The number of halogens is 1. The molecular formula is C31H25ClN4O8S3. The van der Waals surface area contributed by atoms with Crippen LogP contribution >= 0.6 is 34.7 Å². The lowest BCUT2D eigenvalue weighted by molar-refractivity contribution is -0.122. The quantitative estimate of drug-likeness (QED) is 0.203. The maximum Gasteiger partial charge on any atom is 0.338 e. The highest BCUT2D eigenvalue weighted by Gasteiger charge is 2.56. The zero-order valence-corrected chi connectivity index (χ0v) is 27.6. The second-order valence-corrected chi connectivity index (χ2v) is 14.7. The van der Waals surface area contributed by atoms with Crippen molar-refractivity contribution in [3.8, 4) is 0 Å². The number of nitrogens with two attached hydrogens (primary N) is 1. The first-order valence-corrected chi connectivity index (χ1v) is 17.7. The predicted molar refractivity (Wildman–Crippen MR) is 176 cm³/mol. The van der Waals surface area contributed by atoms with Gasteiger partial charge in [0, 0.05) is 21.5 Å². The largest absolute Gasteiger partial charge is 0.462 e. The van der Waals surface area contributed by atoms with E-state index in [2.05, 4.69) is 5.32 Å². The number of aromatic nitrogens is 1. The average Bonchev–Trinajstić information content (AvgIpc) is 3.47. The van der Waals surface area contributed by atoms with Crippen molar-refractivity contribution >= 4 is 79.8 Å². The van der Waals surface area contributed by atoms with Crippen LogP contribution in [-0.4, -0.2) is 48.5 Å². The van der Waals surface area contributed by atoms with Gasteiger partial charge in [0.2, 0.25) is 27.7 Å². The lowest BCUT2D eigenvalue weighted by atomic mass is 9.83. The highest BCUT2D eigenvalue weighted by molar-refractivity contribution is 8.00. The second-order valence-electron chi connectivity index (χ2n) is 10.6. The number of primary sulfonamides is 1. The van der Waals surface area contributed by atoms with Crippen molar-refractivity contribution in [3.05, 3.63) is 103 Å². The van der Waals surface area contributed by atoms with Crippen LogP contribution in [0.25, 0.3) is 0 Å². The fraction of sp³-hybridized carbons (Fsp3) is 0.194. The number of nitrogens with one attached hydrogen (secondary N) is 1. The lowest BCUT2D eigenvalue weighted by Gasteiger charge is -2.30. The molecule has 0 radical (unpaired) electrons. The summed E-state index contributed by atoms with van der Waals surface area (Å²) in [7, 11) is -3.92. The molecule has 3 atom stereocenters. The molecule has 4 aromatic rings. The number of carbonyl (C=O) groups excluding carboxylic acids is 4. The maximum atomic E-state index is 14.1. The summed E-state index contributed by atoms with van der Waals surface area (Å²) in [6.07, 6.45) is 0. The first-order valence-electron chi connectivity index (χ1n) is 14.1. The van der Waals surface area contributed by atoms with Crippen molar-refractivity contribution in [1.82, 2.24) is 4.57 Å². The number of imide groups is 1. The van der Waals surface area contributed by atoms with Gasteiger partial charge >= 0.3 is 10.8 Å². The zero-order chi connectivity index (χ0) is 33.6. The Bertz CT molecular complexity index is 2080. The number of ether oxygens (including phenoxy) is 1. The van der Waals surface area contributed by atoms with Gasteiger partial charge in [-0.15, -0.1) is 0 Å². The van der Waals surface area contributed by atoms with Gasteiger partial charge in [-0.05, 0) is 73.2 Å². The Kier molecular flexibility index (Phi) is 8.84. The number of hydrogen-bond acceptors (Lipinski definition) is 10. The number of sulfonamides is 1. The number of benzene rings is 3. The van der Waals surface area contributed by atoms with Crippen LogP contribution in [0.1, 0.15) is 33.6 Å². The number of thioether (sulfide) groups is 1. The summed E-state index contributed by atoms with van der Waals surface area (Å²) < 4.78 is 29.4. The Morgan fingerprint density at radius 2 is 1.62 bits per heavy atom. The summed E-state index contributed by atoms with van der Waals surface area (Å²) in [6.45, 7) is 1.48. The molecule has 2 aliphatic heterocycles. The average molecular weight is 713 g/mol. The summed E-state index contributed by atoms with van der Waals surface area (Å²) in [5, 5.41) is 7.71. The zero-order valence-electron chi connectivity index (χ0n) is 24.4. The SMILES string of the molecule is CCOC(=O)c1ccc(N2C(=O)C3Sc4c(sc(=O)n4CC(=O)Nc4ccc(S(N)(=O)=O)cc4)C(c4ccc(Cl)cc4)C3C2=O)cc1. The number of thiazole rings is 1. The molecular weight excluding hydrogens is 688 g/mol. The number of anilines is 2. The molecule has 242 valence electrons. The highest BCUT2D eigenvalue weighted by atomic mass is 35.5. The van der Waals surface area contributed by atoms with E-state index in [1.54, 1.807) is 31.2 Å². The number of hydrogen-bond donors (Lipinski definition) is 2. The molecule has 16 heteroatoms. The predicted octanol–water partition coefficient (Wildman–Crippen LogP) is 3.82. The molecule has 12 nitrogen and oxygen atoms in total. The van der Waals surface area contributed by atoms with E-state index in [1.165, 1.54) is 53.1 Å². The van der Waals surface area contributed by atoms with Crippen LogP contribution in [-0.2, 0) is 35.7 Å². The first-order chi connectivity index (χ1) is 22.4. The number of amides is 3. The summed E-state index contributed by atoms with van der Waals surface area (Å²) in [4.78, 5) is 67.7. The third kappa shape index (κ3) is 6.24. The summed E-state index contributed by atoms with van der Waals surface area (Å²) in [5.74, 6) is -3.63. The summed E-state index contributed by atoms with van der Waals surface area (Å²) in [6, 6.07) is 18.0. The van der Waals surface area contributed by atoms with Gasteiger partial charge in [0.05, 0.1) is 33.7 Å². The number of carbonyl (C=O) groups is 4. The fourth-order valence-corrected chi connectivity index (χ4v) is 8.99. The van der Waals surface area contributed by atoms with E-state index in [-0.39, 0.29) is 28.4 Å². The van der Waals surface area contributed by atoms with E-state index in [0.29, 0.717) is 20.5 Å². The van der Waals surface area contributed by atoms with E-state index in [1.807, 2.05) is 0 Å². The number of nitrogens with zero attached hydrogens (tertiary/aromatic N) is 2. The van der Waals surface area contributed by atoms with Crippen LogP contribution in [0.4, 0.5) is 11.4 Å². The Morgan fingerprint density at radius 1 is 0.957 bits per heavy atom. The number of esters is 1. The van der Waals surface area contributed by atoms with Crippen molar-refractivity contribution < 1.29 is 32.3 Å². The molecule has 1 aromatic heterocycles. The van der Waals surface area contributed by atoms with Crippen molar-refractivity contribution in [3.63, 3.8) is 0 Å². The molecule has 3 N–H and O–H groups in total. The monoisotopic (exact) mass is 712 g/mol. The third-order valence-corrected chi connectivity index (χ3v) is 11.5. The van der Waals surface area contributed by atoms with Gasteiger partial charge in [-0.2, -0.15) is 0 Å². The molecule has 3 unspecified atom stereocenters.